The summed E-state index contributed by atoms with van der Waals surface area (Å²) < 4.78 is 5.04. The highest BCUT2D eigenvalue weighted by molar-refractivity contribution is 7.13. The topological polar surface area (TPSA) is 113 Å². The van der Waals surface area contributed by atoms with Crippen LogP contribution in [0.1, 0.15) is 27.7 Å². The van der Waals surface area contributed by atoms with E-state index >= 15 is 0 Å². The summed E-state index contributed by atoms with van der Waals surface area (Å²) in [5.41, 5.74) is 0.761. The molecule has 8 nitrogen and oxygen atoms in total. The third-order valence-electron chi connectivity index (χ3n) is 2.03. The van der Waals surface area contributed by atoms with Crippen molar-refractivity contribution in [1.29, 1.82) is 0 Å². The molecule has 0 bridgehead atoms. The van der Waals surface area contributed by atoms with Gasteiger partial charge in [-0.25, -0.2) is 4.79 Å². The van der Waals surface area contributed by atoms with Crippen LogP contribution in [-0.2, 0) is 9.53 Å². The number of hydrogen-bond acceptors (Lipinski definition) is 7. The van der Waals surface area contributed by atoms with E-state index in [1.807, 2.05) is 0 Å². The molecular formula is C11H18N4O4S. The van der Waals surface area contributed by atoms with Gasteiger partial charge in [0.2, 0.25) is 5.13 Å². The number of aromatic nitrogens is 2. The number of carbonyl (C=O) groups is 2. The Morgan fingerprint density at radius 1 is 1.45 bits per heavy atom. The monoisotopic (exact) mass is 302 g/mol. The molecule has 0 fully saturated rings. The lowest BCUT2D eigenvalue weighted by molar-refractivity contribution is -0.120. The summed E-state index contributed by atoms with van der Waals surface area (Å²) in [6.07, 6.45) is -1.87. The molecule has 3 N–H and O–H groups in total. The largest absolute Gasteiger partial charge is 0.444 e. The Bertz CT molecular complexity index is 455. The Kier molecular flexibility index (Phi) is 5.40. The highest BCUT2D eigenvalue weighted by Gasteiger charge is 2.28. The normalized spacial score (nSPS) is 14.2. The fourth-order valence-corrected chi connectivity index (χ4v) is 1.70. The standard InChI is InChI=1S/C11H18N4O4S/c1-6(16)7(13-10(18)19-11(2,3)4)8(17)14-9-15-12-5-20-9/h5-7,16H,1-4H3,(H,13,18)(H,14,15,17)/t6-,7+/m1/s1. The maximum atomic E-state index is 12.0. The van der Waals surface area contributed by atoms with Gasteiger partial charge >= 0.3 is 6.09 Å². The highest BCUT2D eigenvalue weighted by atomic mass is 32.1. The average molecular weight is 302 g/mol. The molecule has 0 saturated carbocycles. The van der Waals surface area contributed by atoms with Crippen LogP contribution in [0, 0.1) is 0 Å². The number of nitrogens with one attached hydrogen (secondary N) is 2. The molecule has 0 spiro atoms. The quantitative estimate of drug-likeness (QED) is 0.756. The second-order valence-corrected chi connectivity index (χ2v) is 5.93. The molecule has 0 aliphatic heterocycles. The minimum Gasteiger partial charge on any atom is -0.444 e. The predicted molar refractivity (Wildman–Crippen MR) is 73.4 cm³/mol. The summed E-state index contributed by atoms with van der Waals surface area (Å²) >= 11 is 1.13. The number of alkyl carbamates (subject to hydrolysis) is 1. The van der Waals surface area contributed by atoms with Crippen molar-refractivity contribution in [3.05, 3.63) is 5.51 Å². The summed E-state index contributed by atoms with van der Waals surface area (Å²) in [6, 6.07) is -1.14. The van der Waals surface area contributed by atoms with Gasteiger partial charge in [0, 0.05) is 0 Å². The maximum absolute atomic E-state index is 12.0. The maximum Gasteiger partial charge on any atom is 0.408 e. The molecular weight excluding hydrogens is 284 g/mol. The number of rotatable bonds is 4. The van der Waals surface area contributed by atoms with Crippen LogP contribution in [0.5, 0.6) is 0 Å². The van der Waals surface area contributed by atoms with Crippen LogP contribution in [0.2, 0.25) is 0 Å². The second kappa shape index (κ2) is 6.62. The molecule has 0 unspecified atom stereocenters. The number of aliphatic hydroxyl groups excluding tert-OH is 1. The van der Waals surface area contributed by atoms with E-state index in [1.165, 1.54) is 12.4 Å². The first-order valence-corrected chi connectivity index (χ1v) is 6.81. The van der Waals surface area contributed by atoms with Crippen molar-refractivity contribution in [3.63, 3.8) is 0 Å². The molecule has 0 saturated heterocycles. The SMILES string of the molecule is C[C@@H](O)[C@H](NC(=O)OC(C)(C)C)C(=O)Nc1nncs1. The van der Waals surface area contributed by atoms with Crippen molar-refractivity contribution in [3.8, 4) is 0 Å². The molecule has 9 heteroatoms. The zero-order chi connectivity index (χ0) is 15.3. The Hall–Kier alpha value is -1.74. The van der Waals surface area contributed by atoms with Crippen LogP contribution in [-0.4, -0.2) is 45.1 Å². The summed E-state index contributed by atoms with van der Waals surface area (Å²) in [5, 5.41) is 21.9. The highest BCUT2D eigenvalue weighted by Crippen LogP contribution is 2.10. The van der Waals surface area contributed by atoms with Gasteiger partial charge in [-0.15, -0.1) is 10.2 Å². The van der Waals surface area contributed by atoms with E-state index in [9.17, 15) is 14.7 Å². The van der Waals surface area contributed by atoms with Gasteiger partial charge in [-0.05, 0) is 27.7 Å². The minimum atomic E-state index is -1.14. The van der Waals surface area contributed by atoms with Gasteiger partial charge in [-0.3, -0.25) is 10.1 Å². The smallest absolute Gasteiger partial charge is 0.408 e. The van der Waals surface area contributed by atoms with Crippen molar-refractivity contribution < 1.29 is 19.4 Å². The van der Waals surface area contributed by atoms with E-state index in [1.54, 1.807) is 20.8 Å². The van der Waals surface area contributed by atoms with E-state index in [-0.39, 0.29) is 5.13 Å². The van der Waals surface area contributed by atoms with Crippen molar-refractivity contribution in [2.24, 2.45) is 0 Å². The van der Waals surface area contributed by atoms with Crippen molar-refractivity contribution in [2.45, 2.75) is 45.4 Å². The Labute approximate surface area is 120 Å². The van der Waals surface area contributed by atoms with Gasteiger partial charge in [0.05, 0.1) is 6.10 Å². The van der Waals surface area contributed by atoms with Crippen molar-refractivity contribution in [2.75, 3.05) is 5.32 Å². The summed E-state index contributed by atoms with van der Waals surface area (Å²) in [6.45, 7) is 6.49. The number of amides is 2. The fourth-order valence-electron chi connectivity index (χ4n) is 1.25. The molecule has 1 aromatic rings. The zero-order valence-corrected chi connectivity index (χ0v) is 12.5. The predicted octanol–water partition coefficient (Wildman–Crippen LogP) is 0.751. The Morgan fingerprint density at radius 3 is 2.55 bits per heavy atom. The lowest BCUT2D eigenvalue weighted by Gasteiger charge is -2.24. The number of anilines is 1. The molecule has 112 valence electrons. The number of nitrogens with zero attached hydrogens (tertiary/aromatic N) is 2. The Balaban J connectivity index is 2.64. The van der Waals surface area contributed by atoms with Crippen LogP contribution < -0.4 is 10.6 Å². The minimum absolute atomic E-state index is 0.284. The number of ether oxygens (including phenoxy) is 1. The zero-order valence-electron chi connectivity index (χ0n) is 11.7. The lowest BCUT2D eigenvalue weighted by Crippen LogP contribution is -2.51. The molecule has 0 radical (unpaired) electrons. The number of carbonyl (C=O) groups excluding carboxylic acids is 2. The van der Waals surface area contributed by atoms with Crippen molar-refractivity contribution >= 4 is 28.5 Å². The van der Waals surface area contributed by atoms with Gasteiger partial charge in [0.15, 0.2) is 0 Å². The molecule has 1 aromatic heterocycles. The van der Waals surface area contributed by atoms with E-state index in [0.29, 0.717) is 0 Å². The Morgan fingerprint density at radius 2 is 2.10 bits per heavy atom. The fraction of sp³-hybridized carbons (Fsp3) is 0.636. The summed E-state index contributed by atoms with van der Waals surface area (Å²) in [4.78, 5) is 23.6. The average Bonchev–Trinajstić information content (AvgIpc) is 2.75. The van der Waals surface area contributed by atoms with Crippen LogP contribution in [0.3, 0.4) is 0 Å². The molecule has 1 rings (SSSR count). The van der Waals surface area contributed by atoms with Crippen LogP contribution in [0.25, 0.3) is 0 Å². The van der Waals surface area contributed by atoms with E-state index in [4.69, 9.17) is 4.74 Å². The van der Waals surface area contributed by atoms with Crippen LogP contribution in [0.15, 0.2) is 5.51 Å². The molecule has 20 heavy (non-hydrogen) atoms. The molecule has 0 aliphatic rings. The second-order valence-electron chi connectivity index (χ2n) is 5.10. The summed E-state index contributed by atoms with van der Waals surface area (Å²) in [7, 11) is 0. The lowest BCUT2D eigenvalue weighted by atomic mass is 10.1. The molecule has 2 atom stereocenters. The molecule has 2 amide bonds. The van der Waals surface area contributed by atoms with E-state index < -0.39 is 29.7 Å². The van der Waals surface area contributed by atoms with Gasteiger partial charge in [-0.1, -0.05) is 11.3 Å². The number of hydrogen-bond donors (Lipinski definition) is 3. The third-order valence-corrected chi connectivity index (χ3v) is 2.63. The summed E-state index contributed by atoms with van der Waals surface area (Å²) in [5.74, 6) is -0.595. The van der Waals surface area contributed by atoms with Crippen molar-refractivity contribution in [1.82, 2.24) is 15.5 Å². The first-order valence-electron chi connectivity index (χ1n) is 5.93. The van der Waals surface area contributed by atoms with Gasteiger partial charge in [0.1, 0.15) is 17.2 Å². The first-order chi connectivity index (χ1) is 9.19. The van der Waals surface area contributed by atoms with E-state index in [0.717, 1.165) is 11.3 Å². The molecule has 0 aliphatic carbocycles. The van der Waals surface area contributed by atoms with Crippen LogP contribution in [0.4, 0.5) is 9.93 Å². The molecule has 0 aromatic carbocycles. The van der Waals surface area contributed by atoms with E-state index in [2.05, 4.69) is 20.8 Å². The van der Waals surface area contributed by atoms with Crippen LogP contribution >= 0.6 is 11.3 Å². The first kappa shape index (κ1) is 16.3. The van der Waals surface area contributed by atoms with Gasteiger partial charge < -0.3 is 15.2 Å². The van der Waals surface area contributed by atoms with Gasteiger partial charge in [-0.2, -0.15) is 0 Å². The number of aliphatic hydroxyl groups is 1. The van der Waals surface area contributed by atoms with Gasteiger partial charge in [0.25, 0.3) is 5.91 Å². The third kappa shape index (κ3) is 5.49. The molecule has 1 heterocycles.